The summed E-state index contributed by atoms with van der Waals surface area (Å²) < 4.78 is 29.4. The summed E-state index contributed by atoms with van der Waals surface area (Å²) in [5, 5.41) is 6.45. The van der Waals surface area contributed by atoms with Gasteiger partial charge in [-0.05, 0) is 79.9 Å². The van der Waals surface area contributed by atoms with Gasteiger partial charge in [0.15, 0.2) is 0 Å². The molecule has 2 aromatic heterocycles. The zero-order chi connectivity index (χ0) is 24.3. The Balaban J connectivity index is 1.41. The Bertz CT molecular complexity index is 1440. The van der Waals surface area contributed by atoms with E-state index in [9.17, 15) is 13.2 Å². The van der Waals surface area contributed by atoms with Crippen LogP contribution in [-0.4, -0.2) is 25.1 Å². The van der Waals surface area contributed by atoms with Gasteiger partial charge in [0.05, 0.1) is 6.21 Å². The van der Waals surface area contributed by atoms with Crippen LogP contribution in [0.3, 0.4) is 0 Å². The molecule has 4 rings (SSSR count). The SMILES string of the molecule is Cc1cc(C=NNC(=O)c2ccc(NS(=O)(=O)c3cccs3)cc2)c(C)n1-c1ccc(Cl)cc1. The summed E-state index contributed by atoms with van der Waals surface area (Å²) in [6.45, 7) is 3.96. The van der Waals surface area contributed by atoms with Gasteiger partial charge in [0, 0.05) is 38.9 Å². The lowest BCUT2D eigenvalue weighted by atomic mass is 10.2. The molecule has 0 fully saturated rings. The zero-order valence-electron chi connectivity index (χ0n) is 18.3. The second-order valence-electron chi connectivity index (χ2n) is 7.45. The Kier molecular flexibility index (Phi) is 6.87. The van der Waals surface area contributed by atoms with Crippen LogP contribution in [0.5, 0.6) is 0 Å². The number of nitrogens with one attached hydrogen (secondary N) is 2. The standard InChI is InChI=1S/C24H21ClN4O3S2/c1-16-14-19(17(2)29(16)22-11-7-20(25)8-12-22)15-26-27-24(30)18-5-9-21(10-6-18)28-34(31,32)23-4-3-13-33-23/h3-15,28H,1-2H3,(H,27,30). The lowest BCUT2D eigenvalue weighted by molar-refractivity contribution is 0.0955. The summed E-state index contributed by atoms with van der Waals surface area (Å²) in [5.74, 6) is -0.407. The van der Waals surface area contributed by atoms with Gasteiger partial charge < -0.3 is 4.57 Å². The molecule has 0 aliphatic heterocycles. The first-order chi connectivity index (χ1) is 16.2. The molecule has 34 heavy (non-hydrogen) atoms. The van der Waals surface area contributed by atoms with E-state index in [2.05, 4.69) is 19.8 Å². The first kappa shape index (κ1) is 23.7. The number of hydrazone groups is 1. The van der Waals surface area contributed by atoms with E-state index >= 15 is 0 Å². The number of sulfonamides is 1. The Hall–Kier alpha value is -3.40. The molecule has 0 saturated carbocycles. The Labute approximate surface area is 206 Å². The fraction of sp³-hybridized carbons (Fsp3) is 0.0833. The van der Waals surface area contributed by atoms with E-state index < -0.39 is 15.9 Å². The Morgan fingerprint density at radius 3 is 2.41 bits per heavy atom. The molecule has 0 spiro atoms. The second kappa shape index (κ2) is 9.84. The number of aromatic nitrogens is 1. The lowest BCUT2D eigenvalue weighted by Gasteiger charge is -2.09. The molecule has 2 heterocycles. The van der Waals surface area contributed by atoms with Gasteiger partial charge in [-0.2, -0.15) is 5.10 Å². The minimum absolute atomic E-state index is 0.221. The van der Waals surface area contributed by atoms with E-state index in [1.54, 1.807) is 17.7 Å². The van der Waals surface area contributed by atoms with Crippen molar-refractivity contribution in [3.63, 3.8) is 0 Å². The van der Waals surface area contributed by atoms with E-state index in [1.807, 2.05) is 44.2 Å². The van der Waals surface area contributed by atoms with Crippen LogP contribution in [0.2, 0.25) is 5.02 Å². The van der Waals surface area contributed by atoms with Crippen LogP contribution >= 0.6 is 22.9 Å². The van der Waals surface area contributed by atoms with Crippen molar-refractivity contribution in [3.05, 3.63) is 99.6 Å². The van der Waals surface area contributed by atoms with E-state index in [1.165, 1.54) is 30.3 Å². The van der Waals surface area contributed by atoms with Gasteiger partial charge in [0.2, 0.25) is 0 Å². The average molecular weight is 513 g/mol. The number of hydrogen-bond donors (Lipinski definition) is 2. The highest BCUT2D eigenvalue weighted by molar-refractivity contribution is 7.94. The molecular formula is C24H21ClN4O3S2. The van der Waals surface area contributed by atoms with Gasteiger partial charge >= 0.3 is 0 Å². The van der Waals surface area contributed by atoms with Crippen molar-refractivity contribution in [1.82, 2.24) is 9.99 Å². The van der Waals surface area contributed by atoms with Gasteiger partial charge in [-0.1, -0.05) is 17.7 Å². The molecule has 174 valence electrons. The predicted octanol–water partition coefficient (Wildman–Crippen LogP) is 5.37. The largest absolute Gasteiger partial charge is 0.318 e. The molecule has 0 aliphatic carbocycles. The van der Waals surface area contributed by atoms with Gasteiger partial charge in [0.25, 0.3) is 15.9 Å². The van der Waals surface area contributed by atoms with Crippen LogP contribution in [0, 0.1) is 13.8 Å². The average Bonchev–Trinajstić information content (AvgIpc) is 3.44. The maximum absolute atomic E-state index is 12.4. The Morgan fingerprint density at radius 2 is 1.76 bits per heavy atom. The number of hydrogen-bond acceptors (Lipinski definition) is 5. The molecule has 0 aliphatic rings. The summed E-state index contributed by atoms with van der Waals surface area (Å²) in [4.78, 5) is 12.4. The van der Waals surface area contributed by atoms with Crippen molar-refractivity contribution in [2.45, 2.75) is 18.1 Å². The van der Waals surface area contributed by atoms with Gasteiger partial charge in [-0.3, -0.25) is 9.52 Å². The monoisotopic (exact) mass is 512 g/mol. The number of amides is 1. The third kappa shape index (κ3) is 5.22. The number of anilines is 1. The summed E-state index contributed by atoms with van der Waals surface area (Å²) >= 11 is 7.12. The maximum Gasteiger partial charge on any atom is 0.271 e. The number of carbonyl (C=O) groups excluding carboxylic acids is 1. The highest BCUT2D eigenvalue weighted by atomic mass is 35.5. The first-order valence-corrected chi connectivity index (χ1v) is 12.9. The number of nitrogens with zero attached hydrogens (tertiary/aromatic N) is 2. The topological polar surface area (TPSA) is 92.6 Å². The highest BCUT2D eigenvalue weighted by Gasteiger charge is 2.15. The molecule has 7 nitrogen and oxygen atoms in total. The molecule has 4 aromatic rings. The van der Waals surface area contributed by atoms with Gasteiger partial charge in [-0.15, -0.1) is 11.3 Å². The molecule has 0 radical (unpaired) electrons. The summed E-state index contributed by atoms with van der Waals surface area (Å²) in [6, 6.07) is 18.9. The van der Waals surface area contributed by atoms with Crippen LogP contribution in [0.4, 0.5) is 5.69 Å². The summed E-state index contributed by atoms with van der Waals surface area (Å²) in [6.07, 6.45) is 1.59. The van der Waals surface area contributed by atoms with Crippen LogP contribution in [0.15, 0.2) is 81.4 Å². The predicted molar refractivity (Wildman–Crippen MR) is 137 cm³/mol. The molecule has 0 unspecified atom stereocenters. The van der Waals surface area contributed by atoms with Crippen LogP contribution in [-0.2, 0) is 10.0 Å². The molecule has 0 atom stereocenters. The van der Waals surface area contributed by atoms with Crippen molar-refractivity contribution < 1.29 is 13.2 Å². The quantitative estimate of drug-likeness (QED) is 0.257. The molecule has 0 saturated heterocycles. The minimum Gasteiger partial charge on any atom is -0.318 e. The van der Waals surface area contributed by atoms with Crippen LogP contribution < -0.4 is 10.1 Å². The number of benzene rings is 2. The third-order valence-electron chi connectivity index (χ3n) is 5.08. The second-order valence-corrected chi connectivity index (χ2v) is 10.7. The molecule has 0 bridgehead atoms. The van der Waals surface area contributed by atoms with Crippen molar-refractivity contribution in [2.24, 2.45) is 5.10 Å². The number of aryl methyl sites for hydroxylation is 1. The van der Waals surface area contributed by atoms with Crippen molar-refractivity contribution in [3.8, 4) is 5.69 Å². The summed E-state index contributed by atoms with van der Waals surface area (Å²) in [7, 11) is -3.64. The third-order valence-corrected chi connectivity index (χ3v) is 8.11. The number of halogens is 1. The van der Waals surface area contributed by atoms with Crippen LogP contribution in [0.1, 0.15) is 27.3 Å². The maximum atomic E-state index is 12.4. The van der Waals surface area contributed by atoms with E-state index in [0.717, 1.165) is 34.0 Å². The smallest absolute Gasteiger partial charge is 0.271 e. The van der Waals surface area contributed by atoms with Crippen molar-refractivity contribution in [1.29, 1.82) is 0 Å². The molecular weight excluding hydrogens is 492 g/mol. The number of carbonyl (C=O) groups is 1. The fourth-order valence-electron chi connectivity index (χ4n) is 3.44. The van der Waals surface area contributed by atoms with E-state index in [0.29, 0.717) is 16.3 Å². The fourth-order valence-corrected chi connectivity index (χ4v) is 5.62. The highest BCUT2D eigenvalue weighted by Crippen LogP contribution is 2.22. The normalized spacial score (nSPS) is 11.6. The zero-order valence-corrected chi connectivity index (χ0v) is 20.7. The molecule has 2 N–H and O–H groups in total. The van der Waals surface area contributed by atoms with Gasteiger partial charge in [-0.25, -0.2) is 13.8 Å². The van der Waals surface area contributed by atoms with Crippen LogP contribution in [0.25, 0.3) is 5.69 Å². The summed E-state index contributed by atoms with van der Waals surface area (Å²) in [5.41, 5.74) is 7.07. The Morgan fingerprint density at radius 1 is 1.06 bits per heavy atom. The van der Waals surface area contributed by atoms with Gasteiger partial charge in [0.1, 0.15) is 4.21 Å². The first-order valence-electron chi connectivity index (χ1n) is 10.2. The van der Waals surface area contributed by atoms with E-state index in [4.69, 9.17) is 11.6 Å². The lowest BCUT2D eigenvalue weighted by Crippen LogP contribution is -2.18. The van der Waals surface area contributed by atoms with Crippen molar-refractivity contribution >= 4 is 50.8 Å². The molecule has 10 heteroatoms. The number of rotatable bonds is 7. The number of thiophene rings is 1. The minimum atomic E-state index is -3.64. The molecule has 1 amide bonds. The van der Waals surface area contributed by atoms with E-state index in [-0.39, 0.29) is 4.21 Å². The van der Waals surface area contributed by atoms with Crippen molar-refractivity contribution in [2.75, 3.05) is 4.72 Å². The molecule has 2 aromatic carbocycles.